The number of rotatable bonds is 7. The molecule has 0 bridgehead atoms. The molecule has 0 radical (unpaired) electrons. The van der Waals surface area contributed by atoms with Gasteiger partial charge in [0.1, 0.15) is 6.54 Å². The Morgan fingerprint density at radius 3 is 2.17 bits per heavy atom. The zero-order chi connectivity index (χ0) is 13.5. The van der Waals surface area contributed by atoms with E-state index in [1.165, 1.54) is 10.5 Å². The normalized spacial score (nSPS) is 12.6. The lowest BCUT2D eigenvalue weighted by molar-refractivity contribution is -0.934. The number of hydrogen-bond donors (Lipinski definition) is 2. The number of hydrogen-bond acceptors (Lipinski definition) is 2. The first-order valence-electron chi connectivity index (χ1n) is 6.57. The quantitative estimate of drug-likeness (QED) is 0.714. The first-order valence-corrected chi connectivity index (χ1v) is 6.57. The monoisotopic (exact) mass is 254 g/mol. The Labute approximate surface area is 110 Å². The average molecular weight is 254 g/mol. The second-order valence-corrected chi connectivity index (χ2v) is 4.32. The van der Waals surface area contributed by atoms with Gasteiger partial charge in [0, 0.05) is 5.56 Å². The standard InChI is InChI=1S/C14H24N2O2/c1-5-16(6-2)12(10-15)11-7-8-13(17-3)14(9-11)18-4/h7-9,12H,5-6,10,15H2,1-4H3/p+2/t12-/m1/s1. The smallest absolute Gasteiger partial charge is 0.163 e. The number of methoxy groups -OCH3 is 2. The summed E-state index contributed by atoms with van der Waals surface area (Å²) in [6.45, 7) is 7.51. The Kier molecular flexibility index (Phi) is 5.95. The molecular weight excluding hydrogens is 228 g/mol. The fraction of sp³-hybridized carbons (Fsp3) is 0.571. The van der Waals surface area contributed by atoms with Crippen molar-refractivity contribution in [2.45, 2.75) is 19.9 Å². The Hall–Kier alpha value is -1.26. The molecule has 102 valence electrons. The summed E-state index contributed by atoms with van der Waals surface area (Å²) in [7, 11) is 3.33. The molecule has 0 aliphatic rings. The van der Waals surface area contributed by atoms with Gasteiger partial charge < -0.3 is 20.1 Å². The lowest BCUT2D eigenvalue weighted by atomic mass is 10.0. The first kappa shape index (κ1) is 14.8. The largest absolute Gasteiger partial charge is 0.493 e. The maximum absolute atomic E-state index is 5.36. The van der Waals surface area contributed by atoms with Gasteiger partial charge >= 0.3 is 0 Å². The summed E-state index contributed by atoms with van der Waals surface area (Å²) in [6, 6.07) is 6.57. The second kappa shape index (κ2) is 7.24. The number of benzene rings is 1. The molecule has 0 heterocycles. The van der Waals surface area contributed by atoms with Crippen LogP contribution in [0.15, 0.2) is 18.2 Å². The fourth-order valence-electron chi connectivity index (χ4n) is 2.42. The van der Waals surface area contributed by atoms with E-state index in [1.807, 2.05) is 6.07 Å². The third-order valence-electron chi connectivity index (χ3n) is 3.50. The molecule has 0 saturated carbocycles. The third kappa shape index (κ3) is 3.15. The average Bonchev–Trinajstić information content (AvgIpc) is 2.43. The van der Waals surface area contributed by atoms with Crippen LogP contribution >= 0.6 is 0 Å². The van der Waals surface area contributed by atoms with E-state index >= 15 is 0 Å². The van der Waals surface area contributed by atoms with Crippen molar-refractivity contribution in [1.29, 1.82) is 0 Å². The van der Waals surface area contributed by atoms with Crippen molar-refractivity contribution < 1.29 is 20.1 Å². The van der Waals surface area contributed by atoms with Crippen molar-refractivity contribution in [2.24, 2.45) is 0 Å². The van der Waals surface area contributed by atoms with E-state index in [-0.39, 0.29) is 0 Å². The molecule has 0 fully saturated rings. The van der Waals surface area contributed by atoms with Crippen LogP contribution in [0.5, 0.6) is 11.5 Å². The minimum absolute atomic E-state index is 0.416. The molecular formula is C14H26N2O2+2. The summed E-state index contributed by atoms with van der Waals surface area (Å²) in [4.78, 5) is 1.54. The Morgan fingerprint density at radius 1 is 1.11 bits per heavy atom. The number of quaternary nitrogens is 2. The van der Waals surface area contributed by atoms with Crippen LogP contribution in [0.25, 0.3) is 0 Å². The van der Waals surface area contributed by atoms with Crippen LogP contribution in [-0.2, 0) is 0 Å². The predicted molar refractivity (Wildman–Crippen MR) is 72.1 cm³/mol. The Morgan fingerprint density at radius 2 is 1.72 bits per heavy atom. The van der Waals surface area contributed by atoms with Crippen molar-refractivity contribution in [3.8, 4) is 11.5 Å². The zero-order valence-corrected chi connectivity index (χ0v) is 12.0. The van der Waals surface area contributed by atoms with Crippen LogP contribution in [0.2, 0.25) is 0 Å². The fourth-order valence-corrected chi connectivity index (χ4v) is 2.42. The van der Waals surface area contributed by atoms with Crippen molar-refractivity contribution in [1.82, 2.24) is 0 Å². The van der Waals surface area contributed by atoms with Gasteiger partial charge in [0.05, 0.1) is 27.3 Å². The van der Waals surface area contributed by atoms with E-state index in [9.17, 15) is 0 Å². The van der Waals surface area contributed by atoms with Crippen molar-refractivity contribution in [3.63, 3.8) is 0 Å². The van der Waals surface area contributed by atoms with Crippen LogP contribution in [0.4, 0.5) is 0 Å². The van der Waals surface area contributed by atoms with E-state index in [2.05, 4.69) is 31.7 Å². The van der Waals surface area contributed by atoms with Gasteiger partial charge in [-0.1, -0.05) is 0 Å². The maximum Gasteiger partial charge on any atom is 0.163 e. The molecule has 4 nitrogen and oxygen atoms in total. The predicted octanol–water partition coefficient (Wildman–Crippen LogP) is -0.0885. The third-order valence-corrected chi connectivity index (χ3v) is 3.50. The summed E-state index contributed by atoms with van der Waals surface area (Å²) < 4.78 is 10.6. The minimum atomic E-state index is 0.416. The van der Waals surface area contributed by atoms with Gasteiger partial charge in [-0.05, 0) is 32.0 Å². The molecule has 1 aromatic rings. The molecule has 1 aromatic carbocycles. The molecule has 4 heteroatoms. The highest BCUT2D eigenvalue weighted by Gasteiger charge is 2.23. The summed E-state index contributed by atoms with van der Waals surface area (Å²) in [5.74, 6) is 1.57. The van der Waals surface area contributed by atoms with E-state index in [0.717, 1.165) is 31.1 Å². The lowest BCUT2D eigenvalue weighted by Crippen LogP contribution is -3.13. The van der Waals surface area contributed by atoms with E-state index in [0.29, 0.717) is 6.04 Å². The summed E-state index contributed by atoms with van der Waals surface area (Å²) >= 11 is 0. The molecule has 0 amide bonds. The zero-order valence-electron chi connectivity index (χ0n) is 12.0. The molecule has 1 rings (SSSR count). The highest BCUT2D eigenvalue weighted by atomic mass is 16.5. The van der Waals surface area contributed by atoms with Gasteiger partial charge in [-0.25, -0.2) is 0 Å². The molecule has 0 aliphatic heterocycles. The van der Waals surface area contributed by atoms with Crippen LogP contribution in [0, 0.1) is 0 Å². The van der Waals surface area contributed by atoms with Gasteiger partial charge in [-0.2, -0.15) is 0 Å². The van der Waals surface area contributed by atoms with Gasteiger partial charge in [-0.15, -0.1) is 0 Å². The summed E-state index contributed by atoms with van der Waals surface area (Å²) in [5, 5.41) is 0. The van der Waals surface area contributed by atoms with E-state index < -0.39 is 0 Å². The van der Waals surface area contributed by atoms with Crippen LogP contribution in [0.1, 0.15) is 25.5 Å². The van der Waals surface area contributed by atoms with Crippen LogP contribution < -0.4 is 20.1 Å². The SMILES string of the molecule is CC[NH+](CC)[C@H](C[NH3+])c1ccc(OC)c(OC)c1. The number of nitrogens with one attached hydrogen (secondary N) is 1. The van der Waals surface area contributed by atoms with E-state index in [4.69, 9.17) is 9.47 Å². The van der Waals surface area contributed by atoms with Gasteiger partial charge in [0.2, 0.25) is 0 Å². The molecule has 1 atom stereocenters. The van der Waals surface area contributed by atoms with Crippen molar-refractivity contribution in [3.05, 3.63) is 23.8 Å². The summed E-state index contributed by atoms with van der Waals surface area (Å²) in [6.07, 6.45) is 0. The molecule has 0 saturated heterocycles. The van der Waals surface area contributed by atoms with Gasteiger partial charge in [0.15, 0.2) is 17.5 Å². The second-order valence-electron chi connectivity index (χ2n) is 4.32. The van der Waals surface area contributed by atoms with Gasteiger partial charge in [-0.3, -0.25) is 0 Å². The Bertz CT molecular complexity index is 365. The van der Waals surface area contributed by atoms with Crippen LogP contribution in [-0.4, -0.2) is 33.9 Å². The van der Waals surface area contributed by atoms with Gasteiger partial charge in [0.25, 0.3) is 0 Å². The molecule has 0 aromatic heterocycles. The maximum atomic E-state index is 5.36. The van der Waals surface area contributed by atoms with Crippen molar-refractivity contribution >= 4 is 0 Å². The first-order chi connectivity index (χ1) is 8.71. The highest BCUT2D eigenvalue weighted by molar-refractivity contribution is 5.43. The molecule has 4 N–H and O–H groups in total. The number of ether oxygens (including phenoxy) is 2. The van der Waals surface area contributed by atoms with E-state index in [1.54, 1.807) is 14.2 Å². The Balaban J connectivity index is 3.06. The lowest BCUT2D eigenvalue weighted by Gasteiger charge is -2.25. The van der Waals surface area contributed by atoms with Crippen LogP contribution in [0.3, 0.4) is 0 Å². The minimum Gasteiger partial charge on any atom is -0.493 e. The number of likely N-dealkylation sites (N-methyl/N-ethyl adjacent to an activating group) is 1. The molecule has 0 aliphatic carbocycles. The molecule has 0 unspecified atom stereocenters. The van der Waals surface area contributed by atoms with Crippen molar-refractivity contribution in [2.75, 3.05) is 33.9 Å². The highest BCUT2D eigenvalue weighted by Crippen LogP contribution is 2.29. The topological polar surface area (TPSA) is 50.5 Å². The molecule has 18 heavy (non-hydrogen) atoms. The summed E-state index contributed by atoms with van der Waals surface area (Å²) in [5.41, 5.74) is 5.35. The molecule has 0 spiro atoms.